The third kappa shape index (κ3) is 23.9. The van der Waals surface area contributed by atoms with Crippen LogP contribution in [-0.2, 0) is 23.8 Å². The van der Waals surface area contributed by atoms with Gasteiger partial charge in [0.1, 0.15) is 26.4 Å². The van der Waals surface area contributed by atoms with Crippen molar-refractivity contribution in [2.45, 2.75) is 156 Å². The molecular formula is C45H80N2O9. The Bertz CT molecular complexity index is 1120. The Morgan fingerprint density at radius 1 is 0.607 bits per heavy atom. The van der Waals surface area contributed by atoms with Crippen molar-refractivity contribution >= 4 is 17.9 Å². The minimum absolute atomic E-state index is 0.00308. The molecule has 0 unspecified atom stereocenters. The van der Waals surface area contributed by atoms with Crippen LogP contribution in [0.25, 0.3) is 0 Å². The van der Waals surface area contributed by atoms with Crippen LogP contribution >= 0.6 is 0 Å². The Hall–Kier alpha value is -3.05. The third-order valence-corrected chi connectivity index (χ3v) is 10.00. The van der Waals surface area contributed by atoms with Crippen molar-refractivity contribution in [1.82, 2.24) is 10.2 Å². The van der Waals surface area contributed by atoms with E-state index in [1.807, 2.05) is 19.0 Å². The summed E-state index contributed by atoms with van der Waals surface area (Å²) >= 11 is 0. The largest absolute Gasteiger partial charge is 0.493 e. The first kappa shape index (κ1) is 51.0. The second-order valence-corrected chi connectivity index (χ2v) is 15.6. The second kappa shape index (κ2) is 33.0. The molecule has 0 bridgehead atoms. The first-order valence-electron chi connectivity index (χ1n) is 21.9. The summed E-state index contributed by atoms with van der Waals surface area (Å²) in [6.45, 7) is 8.59. The highest BCUT2D eigenvalue weighted by molar-refractivity contribution is 5.91. The topological polar surface area (TPSA) is 122 Å². The number of nitrogens with one attached hydrogen (secondary N) is 1. The number of ether oxygens (including phenoxy) is 6. The van der Waals surface area contributed by atoms with Gasteiger partial charge in [0.2, 0.25) is 5.75 Å². The lowest BCUT2D eigenvalue weighted by atomic mass is 9.90. The van der Waals surface area contributed by atoms with Gasteiger partial charge in [-0.1, -0.05) is 124 Å². The first-order valence-corrected chi connectivity index (χ1v) is 21.9. The molecule has 1 aromatic carbocycles. The highest BCUT2D eigenvalue weighted by atomic mass is 16.6. The van der Waals surface area contributed by atoms with Crippen LogP contribution in [0.4, 0.5) is 0 Å². The molecule has 0 atom stereocenters. The fourth-order valence-corrected chi connectivity index (χ4v) is 6.32. The number of nitrogens with zero attached hydrogens (tertiary/aromatic N) is 1. The lowest BCUT2D eigenvalue weighted by Gasteiger charge is -2.33. The summed E-state index contributed by atoms with van der Waals surface area (Å²) in [7, 11) is 6.80. The molecule has 324 valence electrons. The number of carbonyl (C=O) groups excluding carboxylic acids is 3. The van der Waals surface area contributed by atoms with Crippen molar-refractivity contribution in [3.05, 3.63) is 17.7 Å². The molecule has 0 saturated heterocycles. The molecule has 0 fully saturated rings. The molecule has 0 heterocycles. The van der Waals surface area contributed by atoms with E-state index in [9.17, 15) is 14.4 Å². The molecule has 11 heteroatoms. The summed E-state index contributed by atoms with van der Waals surface area (Å²) < 4.78 is 35.3. The van der Waals surface area contributed by atoms with E-state index in [1.165, 1.54) is 84.8 Å². The highest BCUT2D eigenvalue weighted by Gasteiger charge is 2.36. The minimum atomic E-state index is -0.922. The molecule has 0 aromatic heterocycles. The van der Waals surface area contributed by atoms with Gasteiger partial charge in [-0.25, -0.2) is 4.79 Å². The van der Waals surface area contributed by atoms with Gasteiger partial charge in [0.05, 0.1) is 25.2 Å². The monoisotopic (exact) mass is 793 g/mol. The average molecular weight is 793 g/mol. The van der Waals surface area contributed by atoms with E-state index in [0.717, 1.165) is 57.9 Å². The van der Waals surface area contributed by atoms with Crippen LogP contribution in [0.1, 0.15) is 166 Å². The van der Waals surface area contributed by atoms with Crippen molar-refractivity contribution in [3.8, 4) is 17.2 Å². The van der Waals surface area contributed by atoms with Crippen molar-refractivity contribution in [3.63, 3.8) is 0 Å². The molecule has 11 nitrogen and oxygen atoms in total. The number of carbonyl (C=O) groups is 3. The molecule has 56 heavy (non-hydrogen) atoms. The van der Waals surface area contributed by atoms with E-state index >= 15 is 0 Å². The molecule has 0 saturated carbocycles. The van der Waals surface area contributed by atoms with Crippen molar-refractivity contribution in [2.75, 3.05) is 74.4 Å². The van der Waals surface area contributed by atoms with Crippen LogP contribution in [0, 0.1) is 5.41 Å². The number of likely N-dealkylation sites (N-methyl/N-ethyl adjacent to an activating group) is 1. The maximum absolute atomic E-state index is 13.1. The number of hydrogen-bond donors (Lipinski definition) is 1. The Labute approximate surface area is 340 Å². The van der Waals surface area contributed by atoms with Gasteiger partial charge < -0.3 is 38.6 Å². The Balaban J connectivity index is 3.27. The van der Waals surface area contributed by atoms with Gasteiger partial charge in [-0.05, 0) is 52.0 Å². The number of esters is 3. The maximum atomic E-state index is 13.1. The van der Waals surface area contributed by atoms with Gasteiger partial charge >= 0.3 is 17.9 Å². The van der Waals surface area contributed by atoms with Crippen molar-refractivity contribution < 1.29 is 42.8 Å². The van der Waals surface area contributed by atoms with Crippen molar-refractivity contribution in [2.24, 2.45) is 5.41 Å². The average Bonchev–Trinajstić information content (AvgIpc) is 3.19. The van der Waals surface area contributed by atoms with Crippen LogP contribution < -0.4 is 19.5 Å². The number of rotatable bonds is 37. The summed E-state index contributed by atoms with van der Waals surface area (Å²) in [5, 5.41) is 3.57. The smallest absolute Gasteiger partial charge is 0.338 e. The van der Waals surface area contributed by atoms with E-state index in [1.54, 1.807) is 12.1 Å². The van der Waals surface area contributed by atoms with Gasteiger partial charge in [-0.15, -0.1) is 0 Å². The van der Waals surface area contributed by atoms with Crippen LogP contribution in [0.2, 0.25) is 0 Å². The van der Waals surface area contributed by atoms with Gasteiger partial charge in [0, 0.05) is 25.9 Å². The summed E-state index contributed by atoms with van der Waals surface area (Å²) in [6.07, 6.45) is 21.8. The SMILES string of the molecule is CCCCCCCCCNCC(COC(=O)CCCCCCCC)(COC(=O)CCCCCCCC)COc1c(OC)cc(C(=O)OCCN(C)C)cc1OC. The Kier molecular flexibility index (Phi) is 30.0. The number of benzene rings is 1. The molecular weight excluding hydrogens is 713 g/mol. The summed E-state index contributed by atoms with van der Waals surface area (Å²) in [6, 6.07) is 3.13. The van der Waals surface area contributed by atoms with E-state index in [2.05, 4.69) is 26.1 Å². The molecule has 0 radical (unpaired) electrons. The van der Waals surface area contributed by atoms with Crippen LogP contribution in [0.5, 0.6) is 17.2 Å². The predicted molar refractivity (Wildman–Crippen MR) is 225 cm³/mol. The normalized spacial score (nSPS) is 11.4. The molecule has 1 aromatic rings. The van der Waals surface area contributed by atoms with Gasteiger partial charge in [0.15, 0.2) is 11.5 Å². The summed E-state index contributed by atoms with van der Waals surface area (Å²) in [5.74, 6) is -0.199. The zero-order chi connectivity index (χ0) is 41.3. The number of methoxy groups -OCH3 is 2. The quantitative estimate of drug-likeness (QED) is 0.0394. The van der Waals surface area contributed by atoms with E-state index in [-0.39, 0.29) is 61.2 Å². The summed E-state index contributed by atoms with van der Waals surface area (Å²) in [5.41, 5.74) is -0.659. The van der Waals surface area contributed by atoms with Crippen LogP contribution in [0.3, 0.4) is 0 Å². The fraction of sp³-hybridized carbons (Fsp3) is 0.800. The zero-order valence-electron chi connectivity index (χ0n) is 36.6. The number of unbranched alkanes of at least 4 members (excludes halogenated alkanes) is 16. The molecule has 0 amide bonds. The Morgan fingerprint density at radius 3 is 1.50 bits per heavy atom. The minimum Gasteiger partial charge on any atom is -0.493 e. The molecule has 0 aliphatic carbocycles. The van der Waals surface area contributed by atoms with Gasteiger partial charge in [-0.2, -0.15) is 0 Å². The second-order valence-electron chi connectivity index (χ2n) is 15.6. The van der Waals surface area contributed by atoms with Crippen molar-refractivity contribution in [1.29, 1.82) is 0 Å². The van der Waals surface area contributed by atoms with E-state index in [0.29, 0.717) is 25.9 Å². The van der Waals surface area contributed by atoms with Gasteiger partial charge in [-0.3, -0.25) is 9.59 Å². The lowest BCUT2D eigenvalue weighted by molar-refractivity contribution is -0.155. The first-order chi connectivity index (χ1) is 27.1. The zero-order valence-corrected chi connectivity index (χ0v) is 36.6. The molecule has 0 spiro atoms. The predicted octanol–water partition coefficient (Wildman–Crippen LogP) is 9.72. The number of hydrogen-bond acceptors (Lipinski definition) is 11. The highest BCUT2D eigenvalue weighted by Crippen LogP contribution is 2.40. The third-order valence-electron chi connectivity index (χ3n) is 10.00. The molecule has 0 aliphatic rings. The molecule has 1 rings (SSSR count). The lowest BCUT2D eigenvalue weighted by Crippen LogP contribution is -2.47. The maximum Gasteiger partial charge on any atom is 0.338 e. The Morgan fingerprint density at radius 2 is 1.05 bits per heavy atom. The van der Waals surface area contributed by atoms with Crippen LogP contribution in [0.15, 0.2) is 12.1 Å². The van der Waals surface area contributed by atoms with Crippen LogP contribution in [-0.4, -0.2) is 97.2 Å². The molecule has 0 aliphatic heterocycles. The van der Waals surface area contributed by atoms with E-state index < -0.39 is 11.4 Å². The van der Waals surface area contributed by atoms with Gasteiger partial charge in [0.25, 0.3) is 0 Å². The summed E-state index contributed by atoms with van der Waals surface area (Å²) in [4.78, 5) is 41.1. The van der Waals surface area contributed by atoms with E-state index in [4.69, 9.17) is 28.4 Å². The fourth-order valence-electron chi connectivity index (χ4n) is 6.32. The molecule has 1 N–H and O–H groups in total. The standard InChI is InChI=1S/C45H80N2O9/c1-8-11-14-17-20-23-26-29-46-34-45(35-54-41(48)27-24-21-18-15-12-9-2,36-55-42(49)28-25-22-19-16-13-10-3)37-56-43-39(51-6)32-38(33-40(43)52-7)44(50)53-31-30-47(4)5/h32-33,46H,8-31,34-37H2,1-7H3.